The summed E-state index contributed by atoms with van der Waals surface area (Å²) in [6.07, 6.45) is 3.32. The van der Waals surface area contributed by atoms with Gasteiger partial charge in [-0.3, -0.25) is 0 Å². The van der Waals surface area contributed by atoms with E-state index in [1.54, 1.807) is 12.1 Å². The molecule has 1 fully saturated rings. The van der Waals surface area contributed by atoms with Gasteiger partial charge in [0.2, 0.25) is 11.7 Å². The number of hydrogen-bond acceptors (Lipinski definition) is 4. The maximum atomic E-state index is 12.9. The number of hydrogen-bond donors (Lipinski definition) is 1. The number of aromatic nitrogens is 2. The summed E-state index contributed by atoms with van der Waals surface area (Å²) in [5, 5.41) is 3.98. The fourth-order valence-electron chi connectivity index (χ4n) is 2.75. The molecule has 0 spiro atoms. The molecule has 1 aliphatic rings. The lowest BCUT2D eigenvalue weighted by atomic mass is 9.96. The van der Waals surface area contributed by atoms with E-state index in [1.807, 2.05) is 0 Å². The van der Waals surface area contributed by atoms with Crippen molar-refractivity contribution in [2.24, 2.45) is 11.7 Å². The number of nitrogens with zero attached hydrogens (tertiary/aromatic N) is 2. The maximum absolute atomic E-state index is 12.9. The average Bonchev–Trinajstić information content (AvgIpc) is 3.07. The molecule has 1 heterocycles. The van der Waals surface area contributed by atoms with Crippen molar-refractivity contribution >= 4 is 0 Å². The Morgan fingerprint density at radius 1 is 1.26 bits per heavy atom. The maximum Gasteiger partial charge on any atom is 0.230 e. The minimum Gasteiger partial charge on any atom is -0.339 e. The lowest BCUT2D eigenvalue weighted by Gasteiger charge is -2.12. The van der Waals surface area contributed by atoms with Crippen molar-refractivity contribution in [3.63, 3.8) is 0 Å². The lowest BCUT2D eigenvalue weighted by Crippen LogP contribution is -2.17. The van der Waals surface area contributed by atoms with Crippen molar-refractivity contribution < 1.29 is 8.91 Å². The van der Waals surface area contributed by atoms with Crippen LogP contribution in [0.5, 0.6) is 0 Å². The molecule has 2 unspecified atom stereocenters. The van der Waals surface area contributed by atoms with Crippen LogP contribution in [0.3, 0.4) is 0 Å². The Morgan fingerprint density at radius 3 is 2.79 bits per heavy atom. The highest BCUT2D eigenvalue weighted by Gasteiger charge is 2.31. The second kappa shape index (κ2) is 5.09. The monoisotopic (exact) mass is 261 g/mol. The van der Waals surface area contributed by atoms with Crippen molar-refractivity contribution in [2.75, 3.05) is 6.54 Å². The lowest BCUT2D eigenvalue weighted by molar-refractivity contribution is 0.326. The first-order valence-corrected chi connectivity index (χ1v) is 6.57. The van der Waals surface area contributed by atoms with Crippen LogP contribution in [-0.4, -0.2) is 16.7 Å². The highest BCUT2D eigenvalue weighted by atomic mass is 19.1. The van der Waals surface area contributed by atoms with Crippen molar-refractivity contribution in [1.29, 1.82) is 0 Å². The highest BCUT2D eigenvalue weighted by molar-refractivity contribution is 5.53. The van der Waals surface area contributed by atoms with Gasteiger partial charge in [0.25, 0.3) is 0 Å². The third-order valence-electron chi connectivity index (χ3n) is 3.82. The minimum absolute atomic E-state index is 0.270. The van der Waals surface area contributed by atoms with Crippen molar-refractivity contribution in [2.45, 2.75) is 25.2 Å². The Morgan fingerprint density at radius 2 is 2.05 bits per heavy atom. The molecule has 1 aromatic carbocycles. The van der Waals surface area contributed by atoms with Crippen LogP contribution in [0.1, 0.15) is 31.1 Å². The van der Waals surface area contributed by atoms with Gasteiger partial charge in [-0.25, -0.2) is 4.39 Å². The summed E-state index contributed by atoms with van der Waals surface area (Å²) in [7, 11) is 0. The molecule has 1 saturated carbocycles. The van der Waals surface area contributed by atoms with Gasteiger partial charge >= 0.3 is 0 Å². The van der Waals surface area contributed by atoms with Gasteiger partial charge in [-0.1, -0.05) is 11.6 Å². The zero-order valence-corrected chi connectivity index (χ0v) is 10.6. The van der Waals surface area contributed by atoms with Crippen LogP contribution in [0.2, 0.25) is 0 Å². The fraction of sp³-hybridized carbons (Fsp3) is 0.429. The molecule has 0 amide bonds. The molecule has 2 atom stereocenters. The molecular weight excluding hydrogens is 245 g/mol. The molecular formula is C14H16FN3O. The second-order valence-corrected chi connectivity index (χ2v) is 5.00. The summed E-state index contributed by atoms with van der Waals surface area (Å²) >= 11 is 0. The van der Waals surface area contributed by atoms with E-state index in [0.717, 1.165) is 24.8 Å². The Kier molecular flexibility index (Phi) is 3.29. The molecule has 0 aliphatic heterocycles. The van der Waals surface area contributed by atoms with Crippen LogP contribution >= 0.6 is 0 Å². The van der Waals surface area contributed by atoms with Gasteiger partial charge in [0, 0.05) is 11.5 Å². The quantitative estimate of drug-likeness (QED) is 0.922. The molecule has 0 radical (unpaired) electrons. The summed E-state index contributed by atoms with van der Waals surface area (Å²) in [5.41, 5.74) is 6.53. The summed E-state index contributed by atoms with van der Waals surface area (Å²) in [5.74, 6) is 1.60. The summed E-state index contributed by atoms with van der Waals surface area (Å²) in [6.45, 7) is 0.652. The number of rotatable bonds is 3. The molecule has 1 aliphatic carbocycles. The van der Waals surface area contributed by atoms with Crippen molar-refractivity contribution in [1.82, 2.24) is 10.1 Å². The minimum atomic E-state index is -0.272. The molecule has 1 aromatic heterocycles. The van der Waals surface area contributed by atoms with E-state index < -0.39 is 0 Å². The molecule has 5 heteroatoms. The van der Waals surface area contributed by atoms with E-state index in [0.29, 0.717) is 24.2 Å². The Bertz CT molecular complexity index is 552. The van der Waals surface area contributed by atoms with Crippen LogP contribution in [0.4, 0.5) is 4.39 Å². The fourth-order valence-corrected chi connectivity index (χ4v) is 2.75. The summed E-state index contributed by atoms with van der Waals surface area (Å²) < 4.78 is 18.2. The SMILES string of the molecule is NCC1CCCC1c1nc(-c2ccc(F)cc2)no1. The Balaban J connectivity index is 1.85. The highest BCUT2D eigenvalue weighted by Crippen LogP contribution is 2.38. The molecule has 3 rings (SSSR count). The zero-order chi connectivity index (χ0) is 13.2. The van der Waals surface area contributed by atoms with E-state index in [-0.39, 0.29) is 11.7 Å². The Labute approximate surface area is 110 Å². The number of halogens is 1. The summed E-state index contributed by atoms with van der Waals surface area (Å²) in [6, 6.07) is 6.09. The molecule has 2 N–H and O–H groups in total. The first kappa shape index (κ1) is 12.3. The van der Waals surface area contributed by atoms with E-state index in [2.05, 4.69) is 10.1 Å². The predicted molar refractivity (Wildman–Crippen MR) is 68.8 cm³/mol. The molecule has 2 aromatic rings. The third kappa shape index (κ3) is 2.38. The standard InChI is InChI=1S/C14H16FN3O/c15-11-6-4-9(5-7-11)13-17-14(19-18-13)12-3-1-2-10(12)8-16/h4-7,10,12H,1-3,8,16H2. The van der Waals surface area contributed by atoms with Crippen molar-refractivity contribution in [3.05, 3.63) is 36.0 Å². The largest absolute Gasteiger partial charge is 0.339 e. The number of benzene rings is 1. The van der Waals surface area contributed by atoms with E-state index in [4.69, 9.17) is 10.3 Å². The Hall–Kier alpha value is -1.75. The molecule has 19 heavy (non-hydrogen) atoms. The van der Waals surface area contributed by atoms with Gasteiger partial charge in [-0.15, -0.1) is 0 Å². The second-order valence-electron chi connectivity index (χ2n) is 5.00. The van der Waals surface area contributed by atoms with E-state index in [1.165, 1.54) is 12.1 Å². The molecule has 4 nitrogen and oxygen atoms in total. The first-order chi connectivity index (χ1) is 9.28. The average molecular weight is 261 g/mol. The molecule has 0 saturated heterocycles. The predicted octanol–water partition coefficient (Wildman–Crippen LogP) is 2.72. The first-order valence-electron chi connectivity index (χ1n) is 6.57. The molecule has 100 valence electrons. The zero-order valence-electron chi connectivity index (χ0n) is 10.6. The van der Waals surface area contributed by atoms with Crippen LogP contribution in [0.25, 0.3) is 11.4 Å². The van der Waals surface area contributed by atoms with Gasteiger partial charge in [-0.05, 0) is 49.6 Å². The number of nitrogens with two attached hydrogens (primary N) is 1. The smallest absolute Gasteiger partial charge is 0.230 e. The topological polar surface area (TPSA) is 64.9 Å². The third-order valence-corrected chi connectivity index (χ3v) is 3.82. The van der Waals surface area contributed by atoms with Gasteiger partial charge < -0.3 is 10.3 Å². The molecule has 0 bridgehead atoms. The van der Waals surface area contributed by atoms with E-state index in [9.17, 15) is 4.39 Å². The van der Waals surface area contributed by atoms with Gasteiger partial charge in [0.15, 0.2) is 0 Å². The van der Waals surface area contributed by atoms with Crippen LogP contribution < -0.4 is 5.73 Å². The van der Waals surface area contributed by atoms with Crippen LogP contribution in [0, 0.1) is 11.7 Å². The van der Waals surface area contributed by atoms with Crippen molar-refractivity contribution in [3.8, 4) is 11.4 Å². The van der Waals surface area contributed by atoms with Gasteiger partial charge in [0.1, 0.15) is 5.82 Å². The van der Waals surface area contributed by atoms with E-state index >= 15 is 0 Å². The van der Waals surface area contributed by atoms with Crippen LogP contribution in [0.15, 0.2) is 28.8 Å². The van der Waals surface area contributed by atoms with Crippen LogP contribution in [-0.2, 0) is 0 Å². The van der Waals surface area contributed by atoms with Gasteiger partial charge in [0.05, 0.1) is 0 Å². The summed E-state index contributed by atoms with van der Waals surface area (Å²) in [4.78, 5) is 4.43. The normalized spacial score (nSPS) is 22.8. The van der Waals surface area contributed by atoms with Gasteiger partial charge in [-0.2, -0.15) is 4.98 Å².